The van der Waals surface area contributed by atoms with E-state index in [2.05, 4.69) is 5.14 Å². The molecule has 0 heterocycles. The maximum atomic E-state index is 8.97. The first kappa shape index (κ1) is 10.1. The predicted molar refractivity (Wildman–Crippen MR) is 15.7 cm³/mol. The third-order valence-electron chi connectivity index (χ3n) is 0. The van der Waals surface area contributed by atoms with E-state index in [0.29, 0.717) is 0 Å². The van der Waals surface area contributed by atoms with Gasteiger partial charge in [-0.05, 0) is 0 Å². The van der Waals surface area contributed by atoms with E-state index in [0.717, 1.165) is 0 Å². The maximum absolute atomic E-state index is 8.97. The molecule has 0 unspecified atom stereocenters. The Morgan fingerprint density at radius 3 is 1.50 bits per heavy atom. The van der Waals surface area contributed by atoms with Crippen molar-refractivity contribution >= 4 is 10.3 Å². The first-order valence-corrected chi connectivity index (χ1v) is 2.25. The molecule has 4 nitrogen and oxygen atoms in total. The molecule has 0 aliphatic heterocycles. The summed E-state index contributed by atoms with van der Waals surface area (Å²) in [4.78, 5) is 0. The van der Waals surface area contributed by atoms with E-state index >= 15 is 0 Å². The molecule has 0 saturated carbocycles. The van der Waals surface area contributed by atoms with Gasteiger partial charge in [0, 0.05) is 35.6 Å². The molecule has 0 fully saturated rings. The van der Waals surface area contributed by atoms with Crippen molar-refractivity contribution in [2.75, 3.05) is 0 Å². The van der Waals surface area contributed by atoms with Crippen molar-refractivity contribution in [2.45, 2.75) is 0 Å². The summed E-state index contributed by atoms with van der Waals surface area (Å²) >= 11 is 0. The summed E-state index contributed by atoms with van der Waals surface area (Å²) in [5, 5.41) is 3.88. The average molecular weight is 236 g/mol. The monoisotopic (exact) mass is 236 g/mol. The topological polar surface area (TPSA) is 80.4 Å². The molecule has 0 aromatic heterocycles. The molecule has 1 radical (unpaired) electrons. The Morgan fingerprint density at radius 2 is 1.50 bits per heavy atom. The summed E-state index contributed by atoms with van der Waals surface area (Å²) in [6.45, 7) is 0. The van der Waals surface area contributed by atoms with Crippen LogP contribution < -0.4 is 5.14 Å². The van der Waals surface area contributed by atoms with Crippen LogP contribution in [0.3, 0.4) is 0 Å². The van der Waals surface area contributed by atoms with Crippen LogP contribution in [0.4, 0.5) is 0 Å². The van der Waals surface area contributed by atoms with Crippen molar-refractivity contribution in [2.24, 2.45) is 5.14 Å². The first-order valence-electron chi connectivity index (χ1n) is 0.752. The molecule has 0 atom stereocenters. The van der Waals surface area contributed by atoms with E-state index < -0.39 is 10.3 Å². The van der Waals surface area contributed by atoms with Crippen molar-refractivity contribution in [1.29, 1.82) is 0 Å². The summed E-state index contributed by atoms with van der Waals surface area (Å²) < 4.78 is 25.2. The number of hydrogen-bond acceptors (Lipinski definition) is 2. The maximum Gasteiger partial charge on any atom is 0.330 e. The Labute approximate surface area is 63.6 Å². The van der Waals surface area contributed by atoms with E-state index in [1.54, 1.807) is 0 Å². The van der Waals surface area contributed by atoms with Crippen molar-refractivity contribution in [3.05, 3.63) is 0 Å². The minimum atomic E-state index is -4.17. The van der Waals surface area contributed by atoms with Gasteiger partial charge < -0.3 is 0 Å². The van der Waals surface area contributed by atoms with Crippen molar-refractivity contribution in [3.63, 3.8) is 0 Å². The summed E-state index contributed by atoms with van der Waals surface area (Å²) in [7, 11) is -4.17. The fourth-order valence-corrected chi connectivity index (χ4v) is 0. The molecular formula is H3LaNO3S. The van der Waals surface area contributed by atoms with Gasteiger partial charge >= 0.3 is 10.3 Å². The van der Waals surface area contributed by atoms with Crippen LogP contribution in [0.2, 0.25) is 0 Å². The van der Waals surface area contributed by atoms with Gasteiger partial charge in [-0.15, -0.1) is 0 Å². The third kappa shape index (κ3) is 73.8. The zero-order chi connectivity index (χ0) is 4.50. The van der Waals surface area contributed by atoms with Gasteiger partial charge in [-0.1, -0.05) is 0 Å². The average Bonchev–Trinajstić information content (AvgIpc) is 0.722. The summed E-state index contributed by atoms with van der Waals surface area (Å²) in [6, 6.07) is 0. The number of hydrogen-bond donors (Lipinski definition) is 2. The largest absolute Gasteiger partial charge is 0.330 e. The molecule has 35 valence electrons. The summed E-state index contributed by atoms with van der Waals surface area (Å²) in [5.41, 5.74) is 0. The SMILES string of the molecule is NS(=O)(=O)O.[La]. The second-order valence-electron chi connectivity index (χ2n) is 0.515. The quantitative estimate of drug-likeness (QED) is 0.515. The van der Waals surface area contributed by atoms with Crippen LogP contribution in [0.15, 0.2) is 0 Å². The summed E-state index contributed by atoms with van der Waals surface area (Å²) in [5.74, 6) is 0. The van der Waals surface area contributed by atoms with E-state index in [1.807, 2.05) is 0 Å². The summed E-state index contributed by atoms with van der Waals surface area (Å²) in [6.07, 6.45) is 0. The molecular weight excluding hydrogens is 233 g/mol. The molecule has 6 heteroatoms. The zero-order valence-corrected chi connectivity index (χ0v) is 7.27. The van der Waals surface area contributed by atoms with E-state index in [-0.39, 0.29) is 35.6 Å². The predicted octanol–water partition coefficient (Wildman–Crippen LogP) is -1.25. The second-order valence-corrected chi connectivity index (χ2v) is 1.54. The van der Waals surface area contributed by atoms with E-state index in [1.165, 1.54) is 0 Å². The second kappa shape index (κ2) is 3.12. The Morgan fingerprint density at radius 1 is 1.50 bits per heavy atom. The van der Waals surface area contributed by atoms with Crippen LogP contribution in [0.1, 0.15) is 0 Å². The molecule has 0 amide bonds. The van der Waals surface area contributed by atoms with Crippen LogP contribution in [-0.4, -0.2) is 13.0 Å². The fraction of sp³-hybridized carbons (Fsp3) is 0. The molecule has 0 aromatic carbocycles. The van der Waals surface area contributed by atoms with Crippen LogP contribution >= 0.6 is 0 Å². The Kier molecular flexibility index (Phi) is 5.26. The molecule has 0 aliphatic carbocycles. The number of nitrogens with two attached hydrogens (primary N) is 1. The molecule has 0 saturated heterocycles. The van der Waals surface area contributed by atoms with Crippen LogP contribution in [-0.2, 0) is 10.3 Å². The molecule has 6 heavy (non-hydrogen) atoms. The smallest absolute Gasteiger partial charge is 0.274 e. The van der Waals surface area contributed by atoms with Gasteiger partial charge in [0.25, 0.3) is 0 Å². The van der Waals surface area contributed by atoms with Crippen molar-refractivity contribution in [3.8, 4) is 0 Å². The van der Waals surface area contributed by atoms with Gasteiger partial charge in [-0.3, -0.25) is 4.55 Å². The van der Waals surface area contributed by atoms with Crippen LogP contribution in [0.25, 0.3) is 0 Å². The van der Waals surface area contributed by atoms with E-state index in [9.17, 15) is 0 Å². The van der Waals surface area contributed by atoms with Crippen LogP contribution in [0.5, 0.6) is 0 Å². The Bertz CT molecular complexity index is 94.0. The fourth-order valence-electron chi connectivity index (χ4n) is 0. The zero-order valence-electron chi connectivity index (χ0n) is 2.83. The van der Waals surface area contributed by atoms with Gasteiger partial charge in [-0.25, -0.2) is 5.14 Å². The minimum absolute atomic E-state index is 0. The molecule has 0 aromatic rings. The van der Waals surface area contributed by atoms with Gasteiger partial charge in [0.05, 0.1) is 0 Å². The molecule has 3 N–H and O–H groups in total. The van der Waals surface area contributed by atoms with Gasteiger partial charge in [0.15, 0.2) is 0 Å². The Balaban J connectivity index is 0. The van der Waals surface area contributed by atoms with E-state index in [4.69, 9.17) is 13.0 Å². The molecule has 0 bridgehead atoms. The standard InChI is InChI=1S/La.H3NO3S/c;1-5(2,3)4/h;(H3,1,2,3,4). The van der Waals surface area contributed by atoms with Crippen LogP contribution in [0, 0.1) is 35.6 Å². The van der Waals surface area contributed by atoms with Gasteiger partial charge in [0.2, 0.25) is 0 Å². The minimum Gasteiger partial charge on any atom is -0.274 e. The number of rotatable bonds is 0. The third-order valence-corrected chi connectivity index (χ3v) is 0. The first-order chi connectivity index (χ1) is 2.00. The molecule has 0 rings (SSSR count). The van der Waals surface area contributed by atoms with Gasteiger partial charge in [0.1, 0.15) is 0 Å². The van der Waals surface area contributed by atoms with Crippen molar-refractivity contribution in [1.82, 2.24) is 0 Å². The molecule has 0 aliphatic rings. The van der Waals surface area contributed by atoms with Crippen molar-refractivity contribution < 1.29 is 48.6 Å². The molecule has 0 spiro atoms. The normalized spacial score (nSPS) is 9.67. The Hall–Kier alpha value is 1.06. The van der Waals surface area contributed by atoms with Gasteiger partial charge in [-0.2, -0.15) is 8.42 Å².